The molecule has 7 heteroatoms. The van der Waals surface area contributed by atoms with Crippen molar-refractivity contribution in [1.82, 2.24) is 5.32 Å². The van der Waals surface area contributed by atoms with Crippen molar-refractivity contribution in [3.05, 3.63) is 34.1 Å². The number of carbonyl (C=O) groups is 1. The molecule has 0 spiro atoms. The molecule has 3 rings (SSSR count). The molecule has 2 fully saturated rings. The van der Waals surface area contributed by atoms with E-state index in [-0.39, 0.29) is 17.6 Å². The summed E-state index contributed by atoms with van der Waals surface area (Å²) in [6.45, 7) is 0.814. The lowest BCUT2D eigenvalue weighted by atomic mass is 9.93. The van der Waals surface area contributed by atoms with Gasteiger partial charge < -0.3 is 10.6 Å². The van der Waals surface area contributed by atoms with Gasteiger partial charge in [0.15, 0.2) is 0 Å². The number of halogens is 1. The SMILES string of the molecule is O=C(Nc1ccc(F)cc1[N+](=O)[O-])C1NCC2CCCC21. The van der Waals surface area contributed by atoms with Crippen LogP contribution in [0.3, 0.4) is 0 Å². The lowest BCUT2D eigenvalue weighted by Gasteiger charge is -2.17. The first-order valence-electron chi connectivity index (χ1n) is 7.04. The van der Waals surface area contributed by atoms with E-state index in [4.69, 9.17) is 0 Å². The van der Waals surface area contributed by atoms with Crippen LogP contribution in [0.1, 0.15) is 19.3 Å². The highest BCUT2D eigenvalue weighted by Gasteiger charge is 2.42. The maximum absolute atomic E-state index is 13.1. The van der Waals surface area contributed by atoms with Crippen molar-refractivity contribution in [3.63, 3.8) is 0 Å². The number of hydrogen-bond acceptors (Lipinski definition) is 4. The minimum Gasteiger partial charge on any atom is -0.319 e. The Balaban J connectivity index is 1.77. The van der Waals surface area contributed by atoms with Crippen LogP contribution in [0.2, 0.25) is 0 Å². The normalized spacial score (nSPS) is 27.4. The molecule has 1 aliphatic carbocycles. The Morgan fingerprint density at radius 2 is 2.24 bits per heavy atom. The number of nitrogens with one attached hydrogen (secondary N) is 2. The summed E-state index contributed by atoms with van der Waals surface area (Å²) in [7, 11) is 0. The van der Waals surface area contributed by atoms with E-state index in [1.54, 1.807) is 0 Å². The zero-order valence-corrected chi connectivity index (χ0v) is 11.3. The predicted molar refractivity (Wildman–Crippen MR) is 74.3 cm³/mol. The van der Waals surface area contributed by atoms with Crippen LogP contribution in [0.5, 0.6) is 0 Å². The zero-order chi connectivity index (χ0) is 15.0. The highest BCUT2D eigenvalue weighted by Crippen LogP contribution is 2.38. The molecule has 0 bridgehead atoms. The van der Waals surface area contributed by atoms with E-state index in [0.29, 0.717) is 11.8 Å². The lowest BCUT2D eigenvalue weighted by molar-refractivity contribution is -0.384. The largest absolute Gasteiger partial charge is 0.319 e. The molecule has 1 aromatic rings. The van der Waals surface area contributed by atoms with Gasteiger partial charge in [-0.3, -0.25) is 14.9 Å². The van der Waals surface area contributed by atoms with Crippen molar-refractivity contribution in [2.75, 3.05) is 11.9 Å². The van der Waals surface area contributed by atoms with E-state index in [1.807, 2.05) is 0 Å². The number of nitro benzene ring substituents is 1. The molecule has 1 saturated carbocycles. The quantitative estimate of drug-likeness (QED) is 0.660. The van der Waals surface area contributed by atoms with Crippen molar-refractivity contribution in [1.29, 1.82) is 0 Å². The Bertz CT molecular complexity index is 593. The average Bonchev–Trinajstić information content (AvgIpc) is 3.02. The lowest BCUT2D eigenvalue weighted by Crippen LogP contribution is -2.39. The number of hydrogen-bond donors (Lipinski definition) is 2. The molecule has 1 amide bonds. The van der Waals surface area contributed by atoms with Crippen molar-refractivity contribution in [2.45, 2.75) is 25.3 Å². The van der Waals surface area contributed by atoms with Gasteiger partial charge in [-0.2, -0.15) is 0 Å². The highest BCUT2D eigenvalue weighted by molar-refractivity contribution is 5.97. The van der Waals surface area contributed by atoms with Gasteiger partial charge in [0.25, 0.3) is 5.69 Å². The second-order valence-electron chi connectivity index (χ2n) is 5.65. The maximum atomic E-state index is 13.1. The summed E-state index contributed by atoms with van der Waals surface area (Å²) >= 11 is 0. The second kappa shape index (κ2) is 5.40. The average molecular weight is 293 g/mol. The van der Waals surface area contributed by atoms with Crippen LogP contribution in [0.4, 0.5) is 15.8 Å². The predicted octanol–water partition coefficient (Wildman–Crippen LogP) is 2.06. The van der Waals surface area contributed by atoms with Gasteiger partial charge in [0, 0.05) is 0 Å². The van der Waals surface area contributed by atoms with Crippen molar-refractivity contribution < 1.29 is 14.1 Å². The molecular formula is C14H16FN3O3. The summed E-state index contributed by atoms with van der Waals surface area (Å²) < 4.78 is 13.1. The van der Waals surface area contributed by atoms with Gasteiger partial charge >= 0.3 is 0 Å². The van der Waals surface area contributed by atoms with E-state index < -0.39 is 16.4 Å². The summed E-state index contributed by atoms with van der Waals surface area (Å²) in [5.74, 6) is -0.165. The number of anilines is 1. The van der Waals surface area contributed by atoms with Crippen LogP contribution in [-0.2, 0) is 4.79 Å². The summed E-state index contributed by atoms with van der Waals surface area (Å²) in [5, 5.41) is 16.7. The smallest absolute Gasteiger partial charge is 0.295 e. The minimum atomic E-state index is -0.699. The van der Waals surface area contributed by atoms with Crippen LogP contribution in [0.25, 0.3) is 0 Å². The molecule has 2 aliphatic rings. The maximum Gasteiger partial charge on any atom is 0.295 e. The molecule has 0 radical (unpaired) electrons. The molecule has 0 aromatic heterocycles. The summed E-state index contributed by atoms with van der Waals surface area (Å²) in [4.78, 5) is 22.6. The molecule has 1 heterocycles. The van der Waals surface area contributed by atoms with Gasteiger partial charge in [-0.1, -0.05) is 6.42 Å². The van der Waals surface area contributed by atoms with Crippen LogP contribution in [0.15, 0.2) is 18.2 Å². The first kappa shape index (κ1) is 13.9. The monoisotopic (exact) mass is 293 g/mol. The Hall–Kier alpha value is -2.02. The molecule has 1 aromatic carbocycles. The van der Waals surface area contributed by atoms with Crippen molar-refractivity contribution in [2.24, 2.45) is 11.8 Å². The summed E-state index contributed by atoms with van der Waals surface area (Å²) in [6.07, 6.45) is 3.25. The van der Waals surface area contributed by atoms with E-state index >= 15 is 0 Å². The number of nitro groups is 1. The van der Waals surface area contributed by atoms with Crippen molar-refractivity contribution in [3.8, 4) is 0 Å². The third kappa shape index (κ3) is 2.61. The highest BCUT2D eigenvalue weighted by atomic mass is 19.1. The fraction of sp³-hybridized carbons (Fsp3) is 0.500. The van der Waals surface area contributed by atoms with E-state index in [9.17, 15) is 19.3 Å². The van der Waals surface area contributed by atoms with Crippen molar-refractivity contribution >= 4 is 17.3 Å². The van der Waals surface area contributed by atoms with Gasteiger partial charge in [-0.05, 0) is 43.4 Å². The Morgan fingerprint density at radius 3 is 3.00 bits per heavy atom. The summed E-state index contributed by atoms with van der Waals surface area (Å²) in [5.41, 5.74) is -0.390. The first-order valence-corrected chi connectivity index (χ1v) is 7.04. The molecule has 2 N–H and O–H groups in total. The van der Waals surface area contributed by atoms with Crippen LogP contribution in [0, 0.1) is 27.8 Å². The van der Waals surface area contributed by atoms with Crippen LogP contribution in [-0.4, -0.2) is 23.4 Å². The van der Waals surface area contributed by atoms with Gasteiger partial charge in [-0.15, -0.1) is 0 Å². The fourth-order valence-corrected chi connectivity index (χ4v) is 3.45. The summed E-state index contributed by atoms with van der Waals surface area (Å²) in [6, 6.07) is 2.83. The van der Waals surface area contributed by atoms with E-state index in [0.717, 1.165) is 37.9 Å². The van der Waals surface area contributed by atoms with Crippen LogP contribution >= 0.6 is 0 Å². The molecule has 1 saturated heterocycles. The number of rotatable bonds is 3. The molecule has 3 unspecified atom stereocenters. The molecular weight excluding hydrogens is 277 g/mol. The van der Waals surface area contributed by atoms with Gasteiger partial charge in [0.2, 0.25) is 5.91 Å². The second-order valence-corrected chi connectivity index (χ2v) is 5.65. The first-order chi connectivity index (χ1) is 10.1. The fourth-order valence-electron chi connectivity index (χ4n) is 3.45. The Kier molecular flexibility index (Phi) is 3.59. The topological polar surface area (TPSA) is 84.3 Å². The van der Waals surface area contributed by atoms with E-state index in [1.165, 1.54) is 6.07 Å². The van der Waals surface area contributed by atoms with Gasteiger partial charge in [0.1, 0.15) is 11.5 Å². The third-order valence-electron chi connectivity index (χ3n) is 4.44. The van der Waals surface area contributed by atoms with Gasteiger partial charge in [0.05, 0.1) is 17.0 Å². The molecule has 6 nitrogen and oxygen atoms in total. The minimum absolute atomic E-state index is 0.0367. The Morgan fingerprint density at radius 1 is 1.43 bits per heavy atom. The standard InChI is InChI=1S/C14H16FN3O3/c15-9-4-5-11(12(6-9)18(20)21)17-14(19)13-10-3-1-2-8(10)7-16-13/h4-6,8,10,13,16H,1-3,7H2,(H,17,19). The Labute approximate surface area is 120 Å². The van der Waals surface area contributed by atoms with Gasteiger partial charge in [-0.25, -0.2) is 4.39 Å². The number of carbonyl (C=O) groups excluding carboxylic acids is 1. The van der Waals surface area contributed by atoms with E-state index in [2.05, 4.69) is 10.6 Å². The number of fused-ring (bicyclic) bond motifs is 1. The third-order valence-corrected chi connectivity index (χ3v) is 4.44. The zero-order valence-electron chi connectivity index (χ0n) is 11.3. The number of benzene rings is 1. The van der Waals surface area contributed by atoms with Crippen LogP contribution < -0.4 is 10.6 Å². The molecule has 1 aliphatic heterocycles. The molecule has 21 heavy (non-hydrogen) atoms. The number of amides is 1. The molecule has 112 valence electrons. The number of nitrogens with zero attached hydrogens (tertiary/aromatic N) is 1. The molecule has 3 atom stereocenters.